The van der Waals surface area contributed by atoms with Gasteiger partial charge in [0.1, 0.15) is 0 Å². The van der Waals surface area contributed by atoms with E-state index in [1.165, 1.54) is 12.4 Å². The van der Waals surface area contributed by atoms with Gasteiger partial charge in [-0.15, -0.1) is 10.2 Å². The van der Waals surface area contributed by atoms with Crippen LogP contribution in [0.3, 0.4) is 0 Å². The Kier molecular flexibility index (Phi) is 2.45. The summed E-state index contributed by atoms with van der Waals surface area (Å²) in [4.78, 5) is 1.87. The number of tetrazole rings is 2. The van der Waals surface area contributed by atoms with E-state index in [0.29, 0.717) is 0 Å². The number of nitrogens with zero attached hydrogens (tertiary/aromatic N) is 10. The maximum atomic E-state index is 5.22. The van der Waals surface area contributed by atoms with Gasteiger partial charge in [-0.3, -0.25) is 0 Å². The molecule has 12 nitrogen and oxygen atoms in total. The van der Waals surface area contributed by atoms with Crippen LogP contribution in [-0.2, 0) is 0 Å². The molecule has 2 aromatic heterocycles. The van der Waals surface area contributed by atoms with Crippen molar-refractivity contribution in [3.63, 3.8) is 0 Å². The average molecular weight is 222 g/mol. The van der Waals surface area contributed by atoms with Crippen molar-refractivity contribution >= 4 is 24.3 Å². The molecule has 0 aromatic carbocycles. The van der Waals surface area contributed by atoms with Gasteiger partial charge in [0, 0.05) is 0 Å². The molecule has 12 heteroatoms. The fraction of sp³-hybridized carbons (Fsp3) is 0. The molecule has 4 N–H and O–H groups in total. The van der Waals surface area contributed by atoms with E-state index in [0.717, 1.165) is 9.81 Å². The van der Waals surface area contributed by atoms with Crippen molar-refractivity contribution in [1.82, 2.24) is 40.6 Å². The number of rotatable bonds is 3. The summed E-state index contributed by atoms with van der Waals surface area (Å²) < 4.78 is 0. The zero-order valence-corrected chi connectivity index (χ0v) is 7.78. The number of nitrogen functional groups attached to an aromatic ring is 2. The van der Waals surface area contributed by atoms with Crippen molar-refractivity contribution in [2.24, 2.45) is 10.2 Å². The first-order valence-electron chi connectivity index (χ1n) is 3.92. The molecule has 2 aromatic rings. The van der Waals surface area contributed by atoms with E-state index in [-0.39, 0.29) is 11.9 Å². The quantitative estimate of drug-likeness (QED) is 0.525. The zero-order valence-electron chi connectivity index (χ0n) is 7.78. The van der Waals surface area contributed by atoms with Gasteiger partial charge in [0.05, 0.1) is 12.4 Å². The van der Waals surface area contributed by atoms with E-state index in [1.54, 1.807) is 0 Å². The summed E-state index contributed by atoms with van der Waals surface area (Å²) in [6.45, 7) is 0. The third-order valence-electron chi connectivity index (χ3n) is 1.24. The minimum absolute atomic E-state index is 0.0276. The molecule has 0 spiro atoms. The normalized spacial score (nSPS) is 11.8. The summed E-state index contributed by atoms with van der Waals surface area (Å²) in [5.74, 6) is 0.0552. The molecule has 2 rings (SSSR count). The second-order valence-corrected chi connectivity index (χ2v) is 2.36. The SMILES string of the molecule is Nc1nnn(N=CC=Nn2nnc(N)n2)n1. The fourth-order valence-corrected chi connectivity index (χ4v) is 0.712. The highest BCUT2D eigenvalue weighted by molar-refractivity contribution is 6.15. The van der Waals surface area contributed by atoms with Crippen LogP contribution in [0.4, 0.5) is 11.9 Å². The maximum Gasteiger partial charge on any atom is 0.263 e. The van der Waals surface area contributed by atoms with Gasteiger partial charge in [0.25, 0.3) is 11.9 Å². The van der Waals surface area contributed by atoms with Crippen molar-refractivity contribution in [3.05, 3.63) is 0 Å². The molecule has 82 valence electrons. The number of nitrogens with two attached hydrogens (primary N) is 2. The molecule has 0 aliphatic heterocycles. The number of hydrogen-bond acceptors (Lipinski definition) is 10. The van der Waals surface area contributed by atoms with Gasteiger partial charge in [-0.1, -0.05) is 20.4 Å². The Balaban J connectivity index is 1.96. The van der Waals surface area contributed by atoms with Crippen LogP contribution in [0.2, 0.25) is 0 Å². The van der Waals surface area contributed by atoms with Crippen molar-refractivity contribution in [3.8, 4) is 0 Å². The highest BCUT2D eigenvalue weighted by Crippen LogP contribution is 1.83. The molecule has 0 fully saturated rings. The van der Waals surface area contributed by atoms with Crippen LogP contribution >= 0.6 is 0 Å². The molecule has 0 bridgehead atoms. The van der Waals surface area contributed by atoms with Gasteiger partial charge in [0.2, 0.25) is 0 Å². The Hall–Kier alpha value is -2.92. The van der Waals surface area contributed by atoms with E-state index in [2.05, 4.69) is 41.0 Å². The first-order valence-corrected chi connectivity index (χ1v) is 3.92. The smallest absolute Gasteiger partial charge is 0.263 e. The van der Waals surface area contributed by atoms with Gasteiger partial charge in [0.15, 0.2) is 0 Å². The summed E-state index contributed by atoms with van der Waals surface area (Å²) in [6.07, 6.45) is 2.58. The monoisotopic (exact) mass is 222 g/mol. The largest absolute Gasteiger partial charge is 0.365 e. The molecule has 2 heterocycles. The molecule has 16 heavy (non-hydrogen) atoms. The maximum absolute atomic E-state index is 5.22. The highest BCUT2D eigenvalue weighted by Gasteiger charge is 1.93. The predicted octanol–water partition coefficient (Wildman–Crippen LogP) is -2.81. The zero-order chi connectivity index (χ0) is 11.4. The Bertz CT molecular complexity index is 468. The van der Waals surface area contributed by atoms with Gasteiger partial charge >= 0.3 is 0 Å². The Labute approximate surface area is 87.6 Å². The van der Waals surface area contributed by atoms with Crippen molar-refractivity contribution < 1.29 is 0 Å². The molecule has 0 aliphatic carbocycles. The van der Waals surface area contributed by atoms with Crippen molar-refractivity contribution in [1.29, 1.82) is 0 Å². The standard InChI is InChI=1S/C4H6N12/c5-3-9-13-15(11-3)7-1-2-8-16-12-4(6)10-14-16/h1-2H,(H2,5,11)(H2,6,12). The topological polar surface area (TPSA) is 164 Å². The average Bonchev–Trinajstić information content (AvgIpc) is 2.83. The summed E-state index contributed by atoms with van der Waals surface area (Å²) >= 11 is 0. The first-order chi connectivity index (χ1) is 7.74. The highest BCUT2D eigenvalue weighted by atomic mass is 15.7. The lowest BCUT2D eigenvalue weighted by Gasteiger charge is -1.82. The Morgan fingerprint density at radius 1 is 0.875 bits per heavy atom. The van der Waals surface area contributed by atoms with Gasteiger partial charge < -0.3 is 11.5 Å². The minimum Gasteiger partial charge on any atom is -0.365 e. The molecule has 0 unspecified atom stereocenters. The summed E-state index contributed by atoms with van der Waals surface area (Å²) in [6, 6.07) is 0. The summed E-state index contributed by atoms with van der Waals surface area (Å²) in [5.41, 5.74) is 10.4. The van der Waals surface area contributed by atoms with Crippen LogP contribution in [0.5, 0.6) is 0 Å². The minimum atomic E-state index is 0.0276. The van der Waals surface area contributed by atoms with E-state index in [1.807, 2.05) is 0 Å². The first kappa shape index (κ1) is 9.63. The van der Waals surface area contributed by atoms with E-state index >= 15 is 0 Å². The van der Waals surface area contributed by atoms with Gasteiger partial charge in [-0.05, 0) is 20.2 Å². The fourth-order valence-electron chi connectivity index (χ4n) is 0.712. The van der Waals surface area contributed by atoms with E-state index in [4.69, 9.17) is 11.5 Å². The third kappa shape index (κ3) is 2.31. The lowest BCUT2D eigenvalue weighted by molar-refractivity contribution is 0.610. The van der Waals surface area contributed by atoms with Gasteiger partial charge in [-0.25, -0.2) is 0 Å². The van der Waals surface area contributed by atoms with Crippen LogP contribution in [0.15, 0.2) is 10.2 Å². The van der Waals surface area contributed by atoms with Crippen LogP contribution in [-0.4, -0.2) is 53.1 Å². The van der Waals surface area contributed by atoms with Crippen LogP contribution in [0.1, 0.15) is 0 Å². The molecular weight excluding hydrogens is 216 g/mol. The predicted molar refractivity (Wildman–Crippen MR) is 52.2 cm³/mol. The van der Waals surface area contributed by atoms with Crippen molar-refractivity contribution in [2.75, 3.05) is 11.5 Å². The number of aromatic nitrogens is 8. The van der Waals surface area contributed by atoms with E-state index < -0.39 is 0 Å². The molecular formula is C4H6N12. The second-order valence-electron chi connectivity index (χ2n) is 2.36. The van der Waals surface area contributed by atoms with Crippen LogP contribution < -0.4 is 11.5 Å². The molecule has 0 saturated heterocycles. The third-order valence-corrected chi connectivity index (χ3v) is 1.24. The molecule has 0 radical (unpaired) electrons. The number of hydrogen-bond donors (Lipinski definition) is 2. The second kappa shape index (κ2) is 4.07. The lowest BCUT2D eigenvalue weighted by atomic mass is 10.8. The molecule has 0 aliphatic rings. The Morgan fingerprint density at radius 3 is 1.62 bits per heavy atom. The van der Waals surface area contributed by atoms with Crippen molar-refractivity contribution in [2.45, 2.75) is 0 Å². The molecule has 0 amide bonds. The van der Waals surface area contributed by atoms with Crippen LogP contribution in [0.25, 0.3) is 0 Å². The number of anilines is 2. The van der Waals surface area contributed by atoms with Crippen LogP contribution in [0, 0.1) is 0 Å². The summed E-state index contributed by atoms with van der Waals surface area (Å²) in [5, 5.41) is 28.4. The lowest BCUT2D eigenvalue weighted by Crippen LogP contribution is -1.98. The Morgan fingerprint density at radius 2 is 1.31 bits per heavy atom. The molecule has 0 saturated carbocycles. The summed E-state index contributed by atoms with van der Waals surface area (Å²) in [7, 11) is 0. The van der Waals surface area contributed by atoms with E-state index in [9.17, 15) is 0 Å². The van der Waals surface area contributed by atoms with Gasteiger partial charge in [-0.2, -0.15) is 0 Å². The molecule has 0 atom stereocenters.